The fourth-order valence-corrected chi connectivity index (χ4v) is 5.22. The van der Waals surface area contributed by atoms with Gasteiger partial charge in [0.05, 0.1) is 5.92 Å². The zero-order chi connectivity index (χ0) is 21.0. The summed E-state index contributed by atoms with van der Waals surface area (Å²) in [4.78, 5) is 12.8. The zero-order valence-corrected chi connectivity index (χ0v) is 19.8. The van der Waals surface area contributed by atoms with Crippen LogP contribution in [0.25, 0.3) is 0 Å². The van der Waals surface area contributed by atoms with Crippen LogP contribution in [0.3, 0.4) is 0 Å². The monoisotopic (exact) mass is 390 g/mol. The normalized spacial score (nSPS) is 26.2. The number of esters is 1. The van der Waals surface area contributed by atoms with Gasteiger partial charge >= 0.3 is 5.97 Å². The Bertz CT molecular complexity index is 537. The summed E-state index contributed by atoms with van der Waals surface area (Å²) in [5, 5.41) is 0. The molecule has 0 bridgehead atoms. The van der Waals surface area contributed by atoms with Crippen LogP contribution in [0.15, 0.2) is 12.2 Å². The van der Waals surface area contributed by atoms with Crippen LogP contribution in [-0.4, -0.2) is 11.6 Å². The van der Waals surface area contributed by atoms with Gasteiger partial charge in [0.25, 0.3) is 0 Å². The maximum atomic E-state index is 12.8. The van der Waals surface area contributed by atoms with Crippen molar-refractivity contribution in [2.24, 2.45) is 28.6 Å². The van der Waals surface area contributed by atoms with Crippen LogP contribution in [0.4, 0.5) is 0 Å². The molecule has 0 aromatic carbocycles. The van der Waals surface area contributed by atoms with Crippen molar-refractivity contribution in [2.75, 3.05) is 0 Å². The number of carbonyl (C=O) groups excluding carboxylic acids is 1. The molecule has 0 spiro atoms. The van der Waals surface area contributed by atoms with Gasteiger partial charge < -0.3 is 4.74 Å². The lowest BCUT2D eigenvalue weighted by Gasteiger charge is -2.44. The average molecular weight is 391 g/mol. The van der Waals surface area contributed by atoms with E-state index in [0.29, 0.717) is 22.7 Å². The van der Waals surface area contributed by atoms with Crippen LogP contribution in [0, 0.1) is 28.6 Å². The first-order valence-electron chi connectivity index (χ1n) is 12.0. The molecule has 0 saturated heterocycles. The third kappa shape index (κ3) is 5.63. The Kier molecular flexibility index (Phi) is 7.84. The Morgan fingerprint density at radius 3 is 2.14 bits per heavy atom. The number of hydrogen-bond donors (Lipinski definition) is 0. The lowest BCUT2D eigenvalue weighted by molar-refractivity contribution is -0.163. The van der Waals surface area contributed by atoms with E-state index in [-0.39, 0.29) is 17.5 Å². The Labute approximate surface area is 174 Å². The maximum absolute atomic E-state index is 12.8. The van der Waals surface area contributed by atoms with Gasteiger partial charge in [0.2, 0.25) is 0 Å². The van der Waals surface area contributed by atoms with Gasteiger partial charge in [-0.25, -0.2) is 0 Å². The molecule has 2 aliphatic rings. The molecule has 162 valence electrons. The quantitative estimate of drug-likeness (QED) is 0.297. The molecule has 0 amide bonds. The van der Waals surface area contributed by atoms with E-state index >= 15 is 0 Å². The van der Waals surface area contributed by atoms with Gasteiger partial charge in [-0.1, -0.05) is 73.5 Å². The molecule has 1 saturated carbocycles. The largest absolute Gasteiger partial charge is 0.459 e. The molecule has 28 heavy (non-hydrogen) atoms. The summed E-state index contributed by atoms with van der Waals surface area (Å²) < 4.78 is 6.08. The zero-order valence-electron chi connectivity index (χ0n) is 19.8. The SMILES string of the molecule is CCC(C)(C)CC(C1C=CC(C(=O)OC2(CC)CCCC2)CC1)C(C)(C)CC. The summed E-state index contributed by atoms with van der Waals surface area (Å²) >= 11 is 0. The molecular weight excluding hydrogens is 344 g/mol. The maximum Gasteiger partial charge on any atom is 0.313 e. The summed E-state index contributed by atoms with van der Waals surface area (Å²) in [6, 6.07) is 0. The van der Waals surface area contributed by atoms with E-state index in [4.69, 9.17) is 4.74 Å². The summed E-state index contributed by atoms with van der Waals surface area (Å²) in [5.74, 6) is 1.23. The van der Waals surface area contributed by atoms with Crippen molar-refractivity contribution in [2.45, 2.75) is 118 Å². The summed E-state index contributed by atoms with van der Waals surface area (Å²) in [5.41, 5.74) is 0.529. The molecule has 0 radical (unpaired) electrons. The second-order valence-corrected chi connectivity index (χ2v) is 11.1. The number of ether oxygens (including phenoxy) is 1. The van der Waals surface area contributed by atoms with Gasteiger partial charge in [-0.2, -0.15) is 0 Å². The van der Waals surface area contributed by atoms with E-state index < -0.39 is 0 Å². The molecule has 2 rings (SSSR count). The summed E-state index contributed by atoms with van der Waals surface area (Å²) in [6.07, 6.45) is 15.7. The first-order valence-corrected chi connectivity index (χ1v) is 12.0. The Hall–Kier alpha value is -0.790. The van der Waals surface area contributed by atoms with Gasteiger partial charge in [0, 0.05) is 0 Å². The molecule has 3 atom stereocenters. The van der Waals surface area contributed by atoms with E-state index in [9.17, 15) is 4.79 Å². The van der Waals surface area contributed by atoms with Crippen LogP contribution in [0.2, 0.25) is 0 Å². The van der Waals surface area contributed by atoms with Gasteiger partial charge in [-0.15, -0.1) is 0 Å². The van der Waals surface area contributed by atoms with E-state index in [2.05, 4.69) is 60.6 Å². The van der Waals surface area contributed by atoms with Crippen molar-refractivity contribution in [3.05, 3.63) is 12.2 Å². The third-order valence-electron chi connectivity index (χ3n) is 8.34. The predicted molar refractivity (Wildman–Crippen MR) is 119 cm³/mol. The molecule has 0 aromatic heterocycles. The molecule has 2 aliphatic carbocycles. The van der Waals surface area contributed by atoms with Crippen LogP contribution < -0.4 is 0 Å². The fraction of sp³-hybridized carbons (Fsp3) is 0.885. The fourth-order valence-electron chi connectivity index (χ4n) is 5.22. The molecule has 2 nitrogen and oxygen atoms in total. The van der Waals surface area contributed by atoms with Crippen LogP contribution >= 0.6 is 0 Å². The smallest absolute Gasteiger partial charge is 0.313 e. The van der Waals surface area contributed by atoms with Gasteiger partial charge in [0.15, 0.2) is 0 Å². The Morgan fingerprint density at radius 2 is 1.68 bits per heavy atom. The lowest BCUT2D eigenvalue weighted by Crippen LogP contribution is -2.37. The van der Waals surface area contributed by atoms with Crippen molar-refractivity contribution < 1.29 is 9.53 Å². The van der Waals surface area contributed by atoms with Crippen LogP contribution in [0.1, 0.15) is 113 Å². The predicted octanol–water partition coefficient (Wildman–Crippen LogP) is 7.71. The topological polar surface area (TPSA) is 26.3 Å². The molecular formula is C26H46O2. The molecule has 0 aliphatic heterocycles. The Morgan fingerprint density at radius 1 is 1.04 bits per heavy atom. The van der Waals surface area contributed by atoms with Gasteiger partial charge in [0.1, 0.15) is 5.60 Å². The molecule has 0 aromatic rings. The third-order valence-corrected chi connectivity index (χ3v) is 8.34. The van der Waals surface area contributed by atoms with Crippen molar-refractivity contribution in [3.8, 4) is 0 Å². The highest BCUT2D eigenvalue weighted by atomic mass is 16.6. The summed E-state index contributed by atoms with van der Waals surface area (Å²) in [6.45, 7) is 16.5. The first kappa shape index (κ1) is 23.5. The van der Waals surface area contributed by atoms with Crippen LogP contribution in [0.5, 0.6) is 0 Å². The second-order valence-electron chi connectivity index (χ2n) is 11.1. The van der Waals surface area contributed by atoms with Crippen LogP contribution in [-0.2, 0) is 9.53 Å². The molecule has 0 heterocycles. The molecule has 0 N–H and O–H groups in total. The van der Waals surface area contributed by atoms with E-state index in [1.165, 1.54) is 32.1 Å². The van der Waals surface area contributed by atoms with Crippen molar-refractivity contribution in [1.29, 1.82) is 0 Å². The molecule has 1 fully saturated rings. The molecule has 3 unspecified atom stereocenters. The number of allylic oxidation sites excluding steroid dienone is 1. The minimum Gasteiger partial charge on any atom is -0.459 e. The number of carbonyl (C=O) groups is 1. The van der Waals surface area contributed by atoms with E-state index in [1.54, 1.807) is 0 Å². The van der Waals surface area contributed by atoms with E-state index in [1.807, 2.05) is 0 Å². The highest BCUT2D eigenvalue weighted by molar-refractivity contribution is 5.75. The van der Waals surface area contributed by atoms with E-state index in [0.717, 1.165) is 32.1 Å². The number of rotatable bonds is 9. The minimum absolute atomic E-state index is 0.0265. The molecule has 2 heteroatoms. The number of hydrogen-bond acceptors (Lipinski definition) is 2. The van der Waals surface area contributed by atoms with Crippen molar-refractivity contribution in [3.63, 3.8) is 0 Å². The lowest BCUT2D eigenvalue weighted by atomic mass is 9.62. The minimum atomic E-state index is -0.167. The highest BCUT2D eigenvalue weighted by Gasteiger charge is 2.40. The standard InChI is InChI=1S/C26H46O2/c1-8-24(4,5)19-22(25(6,7)9-2)20-13-15-21(16-14-20)23(27)28-26(10-3)17-11-12-18-26/h13,15,20-22H,8-12,14,16-19H2,1-7H3. The van der Waals surface area contributed by atoms with Crippen molar-refractivity contribution in [1.82, 2.24) is 0 Å². The van der Waals surface area contributed by atoms with Gasteiger partial charge in [-0.05, 0) is 74.0 Å². The second kappa shape index (κ2) is 9.35. The first-order chi connectivity index (χ1) is 13.1. The highest BCUT2D eigenvalue weighted by Crippen LogP contribution is 2.47. The summed E-state index contributed by atoms with van der Waals surface area (Å²) in [7, 11) is 0. The Balaban J connectivity index is 2.07. The van der Waals surface area contributed by atoms with Gasteiger partial charge in [-0.3, -0.25) is 4.79 Å². The average Bonchev–Trinajstić information content (AvgIpc) is 3.15. The van der Waals surface area contributed by atoms with Crippen molar-refractivity contribution >= 4 is 5.97 Å².